The molecule has 2 amide bonds. The van der Waals surface area contributed by atoms with Gasteiger partial charge in [0.2, 0.25) is 5.75 Å². The minimum absolute atomic E-state index is 0.0136. The number of thiocarbonyl (C=S) groups is 1. The summed E-state index contributed by atoms with van der Waals surface area (Å²) in [7, 11) is 5.97. The molecule has 0 atom stereocenters. The van der Waals surface area contributed by atoms with Crippen LogP contribution >= 0.6 is 12.2 Å². The molecule has 156 valence electrons. The van der Waals surface area contributed by atoms with Crippen LogP contribution in [0, 0.1) is 0 Å². The second-order valence-electron chi connectivity index (χ2n) is 6.12. The first-order valence-corrected chi connectivity index (χ1v) is 9.19. The largest absolute Gasteiger partial charge is 0.497 e. The molecule has 3 rings (SSSR count). The number of carbonyl (C=O) groups is 2. The lowest BCUT2D eigenvalue weighted by Crippen LogP contribution is -2.54. The van der Waals surface area contributed by atoms with E-state index in [2.05, 4.69) is 5.32 Å². The Hall–Kier alpha value is -3.59. The van der Waals surface area contributed by atoms with Crippen LogP contribution in [0.5, 0.6) is 23.0 Å². The summed E-state index contributed by atoms with van der Waals surface area (Å²) in [5, 5.41) is 2.53. The number of nitrogens with zero attached hydrogens (tertiary/aromatic N) is 1. The van der Waals surface area contributed by atoms with Crippen LogP contribution in [-0.4, -0.2) is 45.4 Å². The zero-order chi connectivity index (χ0) is 21.8. The molecule has 0 aromatic heterocycles. The van der Waals surface area contributed by atoms with Gasteiger partial charge in [-0.25, -0.2) is 0 Å². The van der Waals surface area contributed by atoms with Gasteiger partial charge in [-0.3, -0.25) is 19.8 Å². The Morgan fingerprint density at radius 2 is 1.60 bits per heavy atom. The van der Waals surface area contributed by atoms with E-state index < -0.39 is 11.8 Å². The lowest BCUT2D eigenvalue weighted by molar-refractivity contribution is -0.122. The lowest BCUT2D eigenvalue weighted by Gasteiger charge is -2.29. The molecule has 30 heavy (non-hydrogen) atoms. The average Bonchev–Trinajstić information content (AvgIpc) is 2.75. The molecule has 0 aliphatic carbocycles. The van der Waals surface area contributed by atoms with Crippen LogP contribution in [-0.2, 0) is 9.59 Å². The van der Waals surface area contributed by atoms with Gasteiger partial charge >= 0.3 is 0 Å². The van der Waals surface area contributed by atoms with Gasteiger partial charge < -0.3 is 18.9 Å². The Kier molecular flexibility index (Phi) is 6.22. The Labute approximate surface area is 179 Å². The molecule has 1 N–H and O–H groups in total. The van der Waals surface area contributed by atoms with Crippen LogP contribution in [0.3, 0.4) is 0 Å². The second-order valence-corrected chi connectivity index (χ2v) is 6.50. The molecule has 0 spiro atoms. The first-order valence-electron chi connectivity index (χ1n) is 8.79. The average molecular weight is 428 g/mol. The van der Waals surface area contributed by atoms with Crippen molar-refractivity contribution in [3.63, 3.8) is 0 Å². The van der Waals surface area contributed by atoms with Crippen molar-refractivity contribution in [1.29, 1.82) is 0 Å². The van der Waals surface area contributed by atoms with Crippen molar-refractivity contribution in [1.82, 2.24) is 5.32 Å². The zero-order valence-corrected chi connectivity index (χ0v) is 17.7. The fourth-order valence-electron chi connectivity index (χ4n) is 2.99. The van der Waals surface area contributed by atoms with Crippen LogP contribution in [0.25, 0.3) is 6.08 Å². The highest BCUT2D eigenvalue weighted by Gasteiger charge is 2.34. The highest BCUT2D eigenvalue weighted by Crippen LogP contribution is 2.39. The van der Waals surface area contributed by atoms with Crippen molar-refractivity contribution in [2.45, 2.75) is 0 Å². The van der Waals surface area contributed by atoms with E-state index in [9.17, 15) is 9.59 Å². The van der Waals surface area contributed by atoms with E-state index in [-0.39, 0.29) is 10.7 Å². The van der Waals surface area contributed by atoms with Gasteiger partial charge in [0, 0.05) is 6.07 Å². The highest BCUT2D eigenvalue weighted by atomic mass is 32.1. The highest BCUT2D eigenvalue weighted by molar-refractivity contribution is 7.80. The number of benzene rings is 2. The predicted octanol–water partition coefficient (Wildman–Crippen LogP) is 2.55. The maximum atomic E-state index is 13.2. The van der Waals surface area contributed by atoms with Crippen LogP contribution < -0.4 is 29.2 Å². The Balaban J connectivity index is 2.06. The van der Waals surface area contributed by atoms with Gasteiger partial charge in [0.15, 0.2) is 16.6 Å². The van der Waals surface area contributed by atoms with Gasteiger partial charge in [0.1, 0.15) is 11.3 Å². The van der Waals surface area contributed by atoms with Crippen molar-refractivity contribution >= 4 is 40.9 Å². The smallest absolute Gasteiger partial charge is 0.270 e. The van der Waals surface area contributed by atoms with Crippen molar-refractivity contribution in [3.8, 4) is 23.0 Å². The summed E-state index contributed by atoms with van der Waals surface area (Å²) in [6.07, 6.45) is 1.44. The number of anilines is 1. The second kappa shape index (κ2) is 8.83. The van der Waals surface area contributed by atoms with Gasteiger partial charge in [0.25, 0.3) is 11.8 Å². The fraction of sp³-hybridized carbons (Fsp3) is 0.190. The molecule has 1 heterocycles. The van der Waals surface area contributed by atoms with Crippen LogP contribution in [0.15, 0.2) is 42.0 Å². The molecule has 1 aliphatic heterocycles. The van der Waals surface area contributed by atoms with E-state index in [1.54, 1.807) is 36.4 Å². The molecular formula is C21H20N2O6S. The SMILES string of the molecule is COc1cccc(N2C(=O)/C(=C/c3cc(OC)c(OC)c(OC)c3)C(=O)NC2=S)c1. The fourth-order valence-corrected chi connectivity index (χ4v) is 3.27. The number of hydrogen-bond acceptors (Lipinski definition) is 7. The molecule has 0 unspecified atom stereocenters. The van der Waals surface area contributed by atoms with Crippen molar-refractivity contribution in [2.24, 2.45) is 0 Å². The maximum absolute atomic E-state index is 13.2. The first-order chi connectivity index (χ1) is 14.4. The number of hydrogen-bond donors (Lipinski definition) is 1. The van der Waals surface area contributed by atoms with E-state index >= 15 is 0 Å². The van der Waals surface area contributed by atoms with Gasteiger partial charge in [-0.15, -0.1) is 0 Å². The van der Waals surface area contributed by atoms with Crippen LogP contribution in [0.2, 0.25) is 0 Å². The zero-order valence-electron chi connectivity index (χ0n) is 16.8. The van der Waals surface area contributed by atoms with E-state index in [4.69, 9.17) is 31.2 Å². The number of carbonyl (C=O) groups excluding carboxylic acids is 2. The molecule has 0 bridgehead atoms. The third kappa shape index (κ3) is 3.92. The number of nitrogens with one attached hydrogen (secondary N) is 1. The van der Waals surface area contributed by atoms with E-state index in [0.717, 1.165) is 0 Å². The van der Waals surface area contributed by atoms with Gasteiger partial charge in [-0.05, 0) is 48.1 Å². The summed E-state index contributed by atoms with van der Waals surface area (Å²) in [5.41, 5.74) is 0.891. The van der Waals surface area contributed by atoms with Gasteiger partial charge in [-0.2, -0.15) is 0 Å². The molecule has 9 heteroatoms. The van der Waals surface area contributed by atoms with Crippen LogP contribution in [0.4, 0.5) is 5.69 Å². The Morgan fingerprint density at radius 3 is 2.17 bits per heavy atom. The normalized spacial score (nSPS) is 15.1. The topological polar surface area (TPSA) is 86.3 Å². The quantitative estimate of drug-likeness (QED) is 0.430. The standard InChI is InChI=1S/C21H20N2O6S/c1-26-14-7-5-6-13(11-14)23-20(25)15(19(24)22-21(23)30)8-12-9-16(27-2)18(29-4)17(10-12)28-3/h5-11H,1-4H3,(H,22,24,30)/b15-8+. The minimum atomic E-state index is -0.599. The van der Waals surface area contributed by atoms with Gasteiger partial charge in [-0.1, -0.05) is 6.07 Å². The number of rotatable bonds is 6. The molecule has 0 saturated carbocycles. The van der Waals surface area contributed by atoms with E-state index in [1.807, 2.05) is 0 Å². The summed E-state index contributed by atoms with van der Waals surface area (Å²) in [6, 6.07) is 10.1. The summed E-state index contributed by atoms with van der Waals surface area (Å²) in [4.78, 5) is 26.9. The minimum Gasteiger partial charge on any atom is -0.497 e. The van der Waals surface area contributed by atoms with E-state index in [0.29, 0.717) is 34.2 Å². The molecule has 2 aromatic rings. The molecule has 2 aromatic carbocycles. The van der Waals surface area contributed by atoms with Crippen molar-refractivity contribution in [3.05, 3.63) is 47.5 Å². The number of ether oxygens (including phenoxy) is 4. The van der Waals surface area contributed by atoms with Crippen LogP contribution in [0.1, 0.15) is 5.56 Å². The molecule has 8 nitrogen and oxygen atoms in total. The summed E-state index contributed by atoms with van der Waals surface area (Å²) in [6.45, 7) is 0. The third-order valence-corrected chi connectivity index (χ3v) is 4.70. The number of methoxy groups -OCH3 is 4. The molecule has 1 aliphatic rings. The van der Waals surface area contributed by atoms with E-state index in [1.165, 1.54) is 39.4 Å². The predicted molar refractivity (Wildman–Crippen MR) is 115 cm³/mol. The maximum Gasteiger partial charge on any atom is 0.270 e. The Morgan fingerprint density at radius 1 is 0.933 bits per heavy atom. The molecule has 1 fully saturated rings. The Bertz CT molecular complexity index is 1020. The monoisotopic (exact) mass is 428 g/mol. The lowest BCUT2D eigenvalue weighted by atomic mass is 10.1. The number of amides is 2. The molecular weight excluding hydrogens is 408 g/mol. The van der Waals surface area contributed by atoms with Crippen molar-refractivity contribution in [2.75, 3.05) is 33.3 Å². The van der Waals surface area contributed by atoms with Gasteiger partial charge in [0.05, 0.1) is 34.1 Å². The molecule has 1 saturated heterocycles. The summed E-state index contributed by atoms with van der Waals surface area (Å²) < 4.78 is 21.2. The first kappa shape index (κ1) is 21.1. The third-order valence-electron chi connectivity index (χ3n) is 4.41. The molecule has 0 radical (unpaired) electrons. The summed E-state index contributed by atoms with van der Waals surface area (Å²) in [5.74, 6) is 0.583. The summed E-state index contributed by atoms with van der Waals surface area (Å²) >= 11 is 5.22. The van der Waals surface area contributed by atoms with Crippen molar-refractivity contribution < 1.29 is 28.5 Å².